The van der Waals surface area contributed by atoms with Crippen molar-refractivity contribution in [3.8, 4) is 5.75 Å². The first kappa shape index (κ1) is 15.7. The zero-order chi connectivity index (χ0) is 16.1. The molecule has 0 aliphatic carbocycles. The van der Waals surface area contributed by atoms with E-state index in [0.29, 0.717) is 0 Å². The molecule has 114 valence electrons. The minimum absolute atomic E-state index is 1.03. The van der Waals surface area contributed by atoms with E-state index in [1.807, 2.05) is 0 Å². The number of hydrogen-bond donors (Lipinski definition) is 0. The van der Waals surface area contributed by atoms with Gasteiger partial charge in [-0.05, 0) is 85.7 Å². The van der Waals surface area contributed by atoms with E-state index in [1.54, 1.807) is 7.11 Å². The molecule has 2 aromatic rings. The summed E-state index contributed by atoms with van der Waals surface area (Å²) in [5.41, 5.74) is 9.26. The highest BCUT2D eigenvalue weighted by Gasteiger charge is 2.20. The maximum absolute atomic E-state index is 5.67. The topological polar surface area (TPSA) is 12.5 Å². The molecule has 0 aromatic heterocycles. The summed E-state index contributed by atoms with van der Waals surface area (Å²) in [7, 11) is 6.02. The predicted octanol–water partition coefficient (Wildman–Crippen LogP) is 4.76. The lowest BCUT2D eigenvalue weighted by molar-refractivity contribution is 0.409. The van der Waals surface area contributed by atoms with Crippen molar-refractivity contribution in [1.82, 2.24) is 0 Å². The van der Waals surface area contributed by atoms with Crippen molar-refractivity contribution in [2.45, 2.75) is 41.5 Å². The third-order valence-corrected chi connectivity index (χ3v) is 4.92. The Hall–Kier alpha value is -1.70. The molecule has 2 heteroatoms. The number of anilines is 1. The summed E-state index contributed by atoms with van der Waals surface area (Å²) in [5.74, 6) is 1.03. The Balaban J connectivity index is 3.15. The van der Waals surface area contributed by atoms with E-state index in [0.717, 1.165) is 5.75 Å². The molecule has 0 aliphatic heterocycles. The van der Waals surface area contributed by atoms with Gasteiger partial charge in [-0.15, -0.1) is 0 Å². The van der Waals surface area contributed by atoms with Crippen molar-refractivity contribution in [3.63, 3.8) is 0 Å². The van der Waals surface area contributed by atoms with Crippen molar-refractivity contribution < 1.29 is 4.74 Å². The monoisotopic (exact) mass is 285 g/mol. The maximum atomic E-state index is 5.67. The number of aryl methyl sites for hydroxylation is 4. The van der Waals surface area contributed by atoms with Crippen LogP contribution in [-0.4, -0.2) is 21.2 Å². The van der Waals surface area contributed by atoms with Gasteiger partial charge in [0.2, 0.25) is 0 Å². The van der Waals surface area contributed by atoms with Crippen LogP contribution in [0.4, 0.5) is 5.69 Å². The van der Waals surface area contributed by atoms with Crippen molar-refractivity contribution in [1.29, 1.82) is 0 Å². The molecule has 0 bridgehead atoms. The highest BCUT2D eigenvalue weighted by atomic mass is 16.5. The van der Waals surface area contributed by atoms with Crippen LogP contribution in [0, 0.1) is 41.5 Å². The Morgan fingerprint density at radius 1 is 0.619 bits per heavy atom. The number of rotatable bonds is 2. The van der Waals surface area contributed by atoms with Gasteiger partial charge < -0.3 is 9.64 Å². The quantitative estimate of drug-likeness (QED) is 0.788. The molecule has 21 heavy (non-hydrogen) atoms. The van der Waals surface area contributed by atoms with E-state index >= 15 is 0 Å². The molecule has 0 radical (unpaired) electrons. The van der Waals surface area contributed by atoms with Crippen LogP contribution in [0.3, 0.4) is 0 Å². The summed E-state index contributed by atoms with van der Waals surface area (Å²) in [6.07, 6.45) is 0. The molecule has 0 N–H and O–H groups in total. The minimum Gasteiger partial charge on any atom is -0.496 e. The Kier molecular flexibility index (Phi) is 3.92. The van der Waals surface area contributed by atoms with Crippen LogP contribution in [0.1, 0.15) is 33.4 Å². The summed E-state index contributed by atoms with van der Waals surface area (Å²) < 4.78 is 5.67. The third kappa shape index (κ3) is 2.08. The molecule has 0 unspecified atom stereocenters. The Bertz CT molecular complexity index is 727. The van der Waals surface area contributed by atoms with Crippen molar-refractivity contribution in [2.24, 2.45) is 0 Å². The number of hydrogen-bond acceptors (Lipinski definition) is 2. The van der Waals surface area contributed by atoms with Gasteiger partial charge in [0.1, 0.15) is 5.75 Å². The Labute approximate surface area is 128 Å². The second kappa shape index (κ2) is 5.25. The van der Waals surface area contributed by atoms with Gasteiger partial charge in [-0.25, -0.2) is 0 Å². The van der Waals surface area contributed by atoms with E-state index in [2.05, 4.69) is 60.5 Å². The molecular weight excluding hydrogens is 258 g/mol. The number of nitrogens with zero attached hydrogens (tertiary/aromatic N) is 1. The normalized spacial score (nSPS) is 11.1. The average Bonchev–Trinajstić information content (AvgIpc) is 2.40. The fraction of sp³-hybridized carbons (Fsp3) is 0.474. The zero-order valence-electron chi connectivity index (χ0n) is 14.9. The standard InChI is InChI=1S/C19H27NO/c1-10-12(3)18(20(7)8)14(5)16-11(2)13(4)19(21-9)15(6)17(10)16/h1-9H3. The van der Waals surface area contributed by atoms with Crippen LogP contribution in [0.25, 0.3) is 10.8 Å². The fourth-order valence-electron chi connectivity index (χ4n) is 3.81. The molecular formula is C19H27NO. The van der Waals surface area contributed by atoms with Gasteiger partial charge in [-0.2, -0.15) is 0 Å². The molecule has 0 spiro atoms. The molecule has 2 aromatic carbocycles. The van der Waals surface area contributed by atoms with Crippen LogP contribution >= 0.6 is 0 Å². The Morgan fingerprint density at radius 2 is 1.10 bits per heavy atom. The molecule has 0 saturated carbocycles. The number of benzene rings is 2. The number of fused-ring (bicyclic) bond motifs is 1. The van der Waals surface area contributed by atoms with Crippen LogP contribution in [0.5, 0.6) is 5.75 Å². The van der Waals surface area contributed by atoms with Gasteiger partial charge in [0.15, 0.2) is 0 Å². The fourth-order valence-corrected chi connectivity index (χ4v) is 3.81. The maximum Gasteiger partial charge on any atom is 0.125 e. The summed E-state index contributed by atoms with van der Waals surface area (Å²) in [6, 6.07) is 0. The van der Waals surface area contributed by atoms with Gasteiger partial charge in [0, 0.05) is 19.8 Å². The summed E-state index contributed by atoms with van der Waals surface area (Å²) in [4.78, 5) is 2.23. The number of methoxy groups -OCH3 is 1. The van der Waals surface area contributed by atoms with E-state index < -0.39 is 0 Å². The van der Waals surface area contributed by atoms with E-state index in [9.17, 15) is 0 Å². The molecule has 0 fully saturated rings. The van der Waals surface area contributed by atoms with Crippen LogP contribution in [-0.2, 0) is 0 Å². The van der Waals surface area contributed by atoms with Gasteiger partial charge in [-0.1, -0.05) is 0 Å². The number of ether oxygens (including phenoxy) is 1. The SMILES string of the molecule is COc1c(C)c(C)c2c(C)c(N(C)C)c(C)c(C)c2c1C. The van der Waals surface area contributed by atoms with Crippen molar-refractivity contribution in [3.05, 3.63) is 33.4 Å². The first-order valence-electron chi connectivity index (χ1n) is 7.48. The minimum atomic E-state index is 1.03. The van der Waals surface area contributed by atoms with E-state index in [1.165, 1.54) is 49.8 Å². The largest absolute Gasteiger partial charge is 0.496 e. The lowest BCUT2D eigenvalue weighted by atomic mass is 9.86. The highest BCUT2D eigenvalue weighted by molar-refractivity contribution is 6.00. The van der Waals surface area contributed by atoms with Gasteiger partial charge >= 0.3 is 0 Å². The van der Waals surface area contributed by atoms with Gasteiger partial charge in [0.25, 0.3) is 0 Å². The summed E-state index contributed by atoms with van der Waals surface area (Å²) in [5, 5.41) is 2.74. The smallest absolute Gasteiger partial charge is 0.125 e. The lowest BCUT2D eigenvalue weighted by Gasteiger charge is -2.26. The van der Waals surface area contributed by atoms with Crippen molar-refractivity contribution >= 4 is 16.5 Å². The average molecular weight is 285 g/mol. The molecule has 2 rings (SSSR count). The molecule has 0 atom stereocenters. The second-order valence-electron chi connectivity index (χ2n) is 6.28. The van der Waals surface area contributed by atoms with Crippen LogP contribution < -0.4 is 9.64 Å². The first-order chi connectivity index (χ1) is 9.73. The van der Waals surface area contributed by atoms with Crippen LogP contribution in [0.2, 0.25) is 0 Å². The van der Waals surface area contributed by atoms with Crippen LogP contribution in [0.15, 0.2) is 0 Å². The van der Waals surface area contributed by atoms with Crippen molar-refractivity contribution in [2.75, 3.05) is 26.1 Å². The molecule has 0 amide bonds. The lowest BCUT2D eigenvalue weighted by Crippen LogP contribution is -2.14. The molecule has 0 aliphatic rings. The predicted molar refractivity (Wildman–Crippen MR) is 93.2 cm³/mol. The summed E-state index contributed by atoms with van der Waals surface area (Å²) in [6.45, 7) is 13.2. The Morgan fingerprint density at radius 3 is 1.57 bits per heavy atom. The summed E-state index contributed by atoms with van der Waals surface area (Å²) >= 11 is 0. The second-order valence-corrected chi connectivity index (χ2v) is 6.28. The van der Waals surface area contributed by atoms with E-state index in [-0.39, 0.29) is 0 Å². The first-order valence-corrected chi connectivity index (χ1v) is 7.48. The molecule has 0 saturated heterocycles. The highest BCUT2D eigenvalue weighted by Crippen LogP contribution is 2.42. The molecule has 2 nitrogen and oxygen atoms in total. The third-order valence-electron chi connectivity index (χ3n) is 4.92. The van der Waals surface area contributed by atoms with E-state index in [4.69, 9.17) is 4.74 Å². The van der Waals surface area contributed by atoms with Gasteiger partial charge in [-0.3, -0.25) is 0 Å². The van der Waals surface area contributed by atoms with Gasteiger partial charge in [0.05, 0.1) is 7.11 Å². The molecule has 0 heterocycles. The zero-order valence-corrected chi connectivity index (χ0v) is 14.9.